The van der Waals surface area contributed by atoms with Crippen molar-refractivity contribution in [2.75, 3.05) is 12.5 Å². The minimum atomic E-state index is 0.140. The number of aliphatic hydroxyl groups is 1. The van der Waals surface area contributed by atoms with E-state index in [0.29, 0.717) is 0 Å². The molecular formula is C9H14OS. The average molecular weight is 170 g/mol. The van der Waals surface area contributed by atoms with Gasteiger partial charge in [0.25, 0.3) is 0 Å². The quantitative estimate of drug-likeness (QED) is 0.697. The van der Waals surface area contributed by atoms with Crippen LogP contribution in [0.1, 0.15) is 5.56 Å². The minimum Gasteiger partial charge on any atom is -0.392 e. The third kappa shape index (κ3) is 5.95. The van der Waals surface area contributed by atoms with Crippen molar-refractivity contribution in [3.63, 3.8) is 0 Å². The molecule has 62 valence electrons. The lowest BCUT2D eigenvalue weighted by molar-refractivity contribution is 0.282. The lowest BCUT2D eigenvalue weighted by atomic mass is 10.2. The molecule has 0 fully saturated rings. The zero-order valence-corrected chi connectivity index (χ0v) is 7.77. The molecule has 0 atom stereocenters. The van der Waals surface area contributed by atoms with E-state index in [-0.39, 0.29) is 6.61 Å². The molecule has 0 aliphatic rings. The summed E-state index contributed by atoms with van der Waals surface area (Å²) < 4.78 is 0. The Kier molecular flexibility index (Phi) is 7.31. The highest BCUT2D eigenvalue weighted by Gasteiger charge is 1.81. The Morgan fingerprint density at radius 3 is 1.91 bits per heavy atom. The Labute approximate surface area is 72.4 Å². The molecule has 0 saturated carbocycles. The van der Waals surface area contributed by atoms with Crippen LogP contribution in [0.5, 0.6) is 0 Å². The van der Waals surface area contributed by atoms with Gasteiger partial charge in [0, 0.05) is 0 Å². The Hall–Kier alpha value is -0.470. The maximum Gasteiger partial charge on any atom is 0.0681 e. The predicted molar refractivity (Wildman–Crippen MR) is 51.8 cm³/mol. The fourth-order valence-electron chi connectivity index (χ4n) is 0.583. The van der Waals surface area contributed by atoms with Crippen molar-refractivity contribution in [2.24, 2.45) is 0 Å². The van der Waals surface area contributed by atoms with Crippen LogP contribution in [0.25, 0.3) is 0 Å². The Morgan fingerprint density at radius 1 is 1.18 bits per heavy atom. The summed E-state index contributed by atoms with van der Waals surface area (Å²) in [5.74, 6) is 0. The molecule has 0 bridgehead atoms. The van der Waals surface area contributed by atoms with Crippen molar-refractivity contribution in [1.82, 2.24) is 0 Å². The third-order valence-electron chi connectivity index (χ3n) is 1.03. The van der Waals surface area contributed by atoms with Crippen LogP contribution in [-0.4, -0.2) is 17.6 Å². The Balaban J connectivity index is 0.000000292. The van der Waals surface area contributed by atoms with Gasteiger partial charge >= 0.3 is 0 Å². The van der Waals surface area contributed by atoms with Crippen LogP contribution in [0.4, 0.5) is 0 Å². The van der Waals surface area contributed by atoms with Crippen molar-refractivity contribution in [1.29, 1.82) is 0 Å². The van der Waals surface area contributed by atoms with Gasteiger partial charge in [0.15, 0.2) is 0 Å². The zero-order chi connectivity index (χ0) is 8.53. The number of hydrogen-bond acceptors (Lipinski definition) is 2. The van der Waals surface area contributed by atoms with E-state index in [1.165, 1.54) is 0 Å². The molecule has 1 N–H and O–H groups in total. The van der Waals surface area contributed by atoms with Gasteiger partial charge in [0.1, 0.15) is 0 Å². The van der Waals surface area contributed by atoms with Crippen molar-refractivity contribution >= 4 is 11.8 Å². The summed E-state index contributed by atoms with van der Waals surface area (Å²) in [7, 11) is 0. The summed E-state index contributed by atoms with van der Waals surface area (Å²) in [6.45, 7) is 0.140. The second-order valence-electron chi connectivity index (χ2n) is 2.05. The van der Waals surface area contributed by atoms with E-state index >= 15 is 0 Å². The smallest absolute Gasteiger partial charge is 0.0681 e. The van der Waals surface area contributed by atoms with Gasteiger partial charge in [-0.15, -0.1) is 0 Å². The first-order valence-corrected chi connectivity index (χ1v) is 5.03. The highest BCUT2D eigenvalue weighted by atomic mass is 32.2. The molecule has 0 aromatic heterocycles. The molecule has 1 nitrogen and oxygen atoms in total. The molecule has 1 aromatic carbocycles. The minimum absolute atomic E-state index is 0.140. The summed E-state index contributed by atoms with van der Waals surface area (Å²) in [5.41, 5.74) is 0.965. The van der Waals surface area contributed by atoms with Crippen molar-refractivity contribution in [2.45, 2.75) is 6.61 Å². The molecule has 2 heteroatoms. The van der Waals surface area contributed by atoms with Crippen LogP contribution in [0, 0.1) is 0 Å². The zero-order valence-electron chi connectivity index (χ0n) is 6.95. The molecule has 0 unspecified atom stereocenters. The summed E-state index contributed by atoms with van der Waals surface area (Å²) >= 11 is 1.75. The molecule has 0 amide bonds. The lowest BCUT2D eigenvalue weighted by Gasteiger charge is -1.89. The average Bonchev–Trinajstić information content (AvgIpc) is 2.08. The molecule has 0 aliphatic carbocycles. The van der Waals surface area contributed by atoms with Gasteiger partial charge in [0.05, 0.1) is 6.61 Å². The Bertz CT molecular complexity index is 162. The molecule has 0 aliphatic heterocycles. The molecule has 0 saturated heterocycles. The van der Waals surface area contributed by atoms with Gasteiger partial charge in [0.2, 0.25) is 0 Å². The standard InChI is InChI=1S/C7H8O.C2H6S/c8-6-7-4-2-1-3-5-7;1-3-2/h1-5,8H,6H2;1-2H3. The van der Waals surface area contributed by atoms with E-state index in [1.54, 1.807) is 11.8 Å². The molecule has 0 heterocycles. The number of hydrogen-bond donors (Lipinski definition) is 1. The van der Waals surface area contributed by atoms with Crippen LogP contribution in [0.2, 0.25) is 0 Å². The van der Waals surface area contributed by atoms with E-state index in [2.05, 4.69) is 0 Å². The van der Waals surface area contributed by atoms with E-state index in [4.69, 9.17) is 5.11 Å². The third-order valence-corrected chi connectivity index (χ3v) is 1.03. The number of aliphatic hydroxyl groups excluding tert-OH is 1. The highest BCUT2D eigenvalue weighted by Crippen LogP contribution is 1.95. The molecule has 0 spiro atoms. The lowest BCUT2D eigenvalue weighted by Crippen LogP contribution is -1.77. The SMILES string of the molecule is CSC.OCc1ccccc1. The van der Waals surface area contributed by atoms with Gasteiger partial charge in [-0.05, 0) is 18.1 Å². The monoisotopic (exact) mass is 170 g/mol. The highest BCUT2D eigenvalue weighted by molar-refractivity contribution is 7.97. The van der Waals surface area contributed by atoms with Crippen LogP contribution in [-0.2, 0) is 6.61 Å². The van der Waals surface area contributed by atoms with Crippen LogP contribution < -0.4 is 0 Å². The van der Waals surface area contributed by atoms with E-state index < -0.39 is 0 Å². The summed E-state index contributed by atoms with van der Waals surface area (Å²) in [5, 5.41) is 8.54. The van der Waals surface area contributed by atoms with Crippen molar-refractivity contribution in [3.05, 3.63) is 35.9 Å². The molecule has 1 aromatic rings. The topological polar surface area (TPSA) is 20.2 Å². The first kappa shape index (κ1) is 10.5. The fourth-order valence-corrected chi connectivity index (χ4v) is 0.583. The van der Waals surface area contributed by atoms with E-state index in [0.717, 1.165) is 5.56 Å². The number of rotatable bonds is 1. The maximum atomic E-state index is 8.54. The predicted octanol–water partition coefficient (Wildman–Crippen LogP) is 2.16. The van der Waals surface area contributed by atoms with Gasteiger partial charge in [-0.2, -0.15) is 11.8 Å². The van der Waals surface area contributed by atoms with Crippen LogP contribution in [0.3, 0.4) is 0 Å². The van der Waals surface area contributed by atoms with Crippen LogP contribution in [0.15, 0.2) is 30.3 Å². The molecule has 0 radical (unpaired) electrons. The first-order chi connectivity index (χ1) is 5.35. The molecule has 1 rings (SSSR count). The van der Waals surface area contributed by atoms with Crippen LogP contribution >= 0.6 is 11.8 Å². The fraction of sp³-hybridized carbons (Fsp3) is 0.333. The van der Waals surface area contributed by atoms with Gasteiger partial charge in [-0.25, -0.2) is 0 Å². The Morgan fingerprint density at radius 2 is 1.64 bits per heavy atom. The second kappa shape index (κ2) is 7.63. The molecular weight excluding hydrogens is 156 g/mol. The first-order valence-electron chi connectivity index (χ1n) is 3.40. The van der Waals surface area contributed by atoms with Crippen molar-refractivity contribution < 1.29 is 5.11 Å². The van der Waals surface area contributed by atoms with Gasteiger partial charge in [-0.1, -0.05) is 30.3 Å². The summed E-state index contributed by atoms with van der Waals surface area (Å²) in [6, 6.07) is 9.52. The number of benzene rings is 1. The molecule has 11 heavy (non-hydrogen) atoms. The normalized spacial score (nSPS) is 8.27. The van der Waals surface area contributed by atoms with Gasteiger partial charge < -0.3 is 5.11 Å². The van der Waals surface area contributed by atoms with Crippen molar-refractivity contribution in [3.8, 4) is 0 Å². The summed E-state index contributed by atoms with van der Waals surface area (Å²) in [6.07, 6.45) is 4.08. The second-order valence-corrected chi connectivity index (χ2v) is 2.87. The van der Waals surface area contributed by atoms with E-state index in [9.17, 15) is 0 Å². The number of thioether (sulfide) groups is 1. The van der Waals surface area contributed by atoms with E-state index in [1.807, 2.05) is 42.8 Å². The largest absolute Gasteiger partial charge is 0.392 e. The maximum absolute atomic E-state index is 8.54. The summed E-state index contributed by atoms with van der Waals surface area (Å²) in [4.78, 5) is 0. The van der Waals surface area contributed by atoms with Gasteiger partial charge in [-0.3, -0.25) is 0 Å².